The van der Waals surface area contributed by atoms with Gasteiger partial charge in [0.25, 0.3) is 0 Å². The molecule has 1 heterocycles. The van der Waals surface area contributed by atoms with Crippen LogP contribution in [0.3, 0.4) is 0 Å². The summed E-state index contributed by atoms with van der Waals surface area (Å²) in [5.41, 5.74) is 0. The smallest absolute Gasteiger partial charge is 0.146 e. The predicted molar refractivity (Wildman–Crippen MR) is 36.3 cm³/mol. The second-order valence-electron chi connectivity index (χ2n) is 2.91. The molecule has 0 saturated carbocycles. The molecule has 1 N–H and O–H groups in total. The van der Waals surface area contributed by atoms with Crippen molar-refractivity contribution in [1.29, 1.82) is 0 Å². The van der Waals surface area contributed by atoms with Crippen molar-refractivity contribution in [3.8, 4) is 0 Å². The number of carbonyl (C=O) groups is 1. The molecular weight excluding hydrogens is 114 g/mol. The molecule has 0 aromatic rings. The molecule has 2 atom stereocenters. The number of hydrogen-bond donors (Lipinski definition) is 1. The van der Waals surface area contributed by atoms with Gasteiger partial charge in [0.05, 0.1) is 6.04 Å². The van der Waals surface area contributed by atoms with Crippen LogP contribution in [0.1, 0.15) is 20.3 Å². The van der Waals surface area contributed by atoms with E-state index in [-0.39, 0.29) is 11.8 Å². The fraction of sp³-hybridized carbons (Fsp3) is 0.857. The Morgan fingerprint density at radius 3 is 2.56 bits per heavy atom. The van der Waals surface area contributed by atoms with E-state index in [4.69, 9.17) is 0 Å². The minimum Gasteiger partial charge on any atom is -0.307 e. The van der Waals surface area contributed by atoms with Crippen LogP contribution in [0, 0.1) is 5.92 Å². The number of Topliss-reactive ketones (excluding diaryl/α,β-unsaturated/α-hetero) is 1. The van der Waals surface area contributed by atoms with Crippen LogP contribution < -0.4 is 5.32 Å². The van der Waals surface area contributed by atoms with E-state index in [2.05, 4.69) is 12.2 Å². The summed E-state index contributed by atoms with van der Waals surface area (Å²) in [5, 5.41) is 3.16. The highest BCUT2D eigenvalue weighted by molar-refractivity contribution is 5.81. The first-order chi connectivity index (χ1) is 4.20. The van der Waals surface area contributed by atoms with E-state index in [0.29, 0.717) is 5.92 Å². The fourth-order valence-corrected chi connectivity index (χ4v) is 1.22. The first-order valence-corrected chi connectivity index (χ1v) is 3.44. The van der Waals surface area contributed by atoms with Crippen LogP contribution in [0.4, 0.5) is 0 Å². The van der Waals surface area contributed by atoms with E-state index in [1.165, 1.54) is 0 Å². The van der Waals surface area contributed by atoms with Crippen LogP contribution in [-0.2, 0) is 4.79 Å². The van der Waals surface area contributed by atoms with Crippen molar-refractivity contribution in [2.75, 3.05) is 6.54 Å². The highest BCUT2D eigenvalue weighted by Crippen LogP contribution is 2.12. The lowest BCUT2D eigenvalue weighted by molar-refractivity contribution is -0.118. The second kappa shape index (κ2) is 2.48. The van der Waals surface area contributed by atoms with Crippen molar-refractivity contribution in [3.05, 3.63) is 0 Å². The van der Waals surface area contributed by atoms with Crippen molar-refractivity contribution in [1.82, 2.24) is 5.32 Å². The summed E-state index contributed by atoms with van der Waals surface area (Å²) >= 11 is 0. The topological polar surface area (TPSA) is 29.1 Å². The Balaban J connectivity index is 2.39. The Bertz CT molecular complexity index is 122. The van der Waals surface area contributed by atoms with E-state index in [1.54, 1.807) is 6.92 Å². The number of hydrogen-bond acceptors (Lipinski definition) is 2. The third kappa shape index (κ3) is 1.52. The van der Waals surface area contributed by atoms with Gasteiger partial charge in [-0.3, -0.25) is 4.79 Å². The summed E-state index contributed by atoms with van der Waals surface area (Å²) in [6.07, 6.45) is 1.02. The molecule has 0 unspecified atom stereocenters. The van der Waals surface area contributed by atoms with Crippen LogP contribution in [0.25, 0.3) is 0 Å². The molecule has 1 aliphatic rings. The molecule has 9 heavy (non-hydrogen) atoms. The van der Waals surface area contributed by atoms with Gasteiger partial charge in [0, 0.05) is 0 Å². The molecule has 0 aliphatic carbocycles. The highest BCUT2D eigenvalue weighted by atomic mass is 16.1. The van der Waals surface area contributed by atoms with E-state index >= 15 is 0 Å². The Morgan fingerprint density at radius 1 is 1.67 bits per heavy atom. The van der Waals surface area contributed by atoms with Crippen molar-refractivity contribution in [2.24, 2.45) is 5.92 Å². The summed E-state index contributed by atoms with van der Waals surface area (Å²) in [7, 11) is 0. The molecule has 1 rings (SSSR count). The summed E-state index contributed by atoms with van der Waals surface area (Å²) < 4.78 is 0. The fourth-order valence-electron chi connectivity index (χ4n) is 1.22. The second-order valence-corrected chi connectivity index (χ2v) is 2.91. The molecule has 1 fully saturated rings. The zero-order valence-electron chi connectivity index (χ0n) is 5.98. The average molecular weight is 127 g/mol. The third-order valence-corrected chi connectivity index (χ3v) is 1.84. The Hall–Kier alpha value is -0.370. The molecule has 2 heteroatoms. The number of carbonyl (C=O) groups excluding carboxylic acids is 1. The summed E-state index contributed by atoms with van der Waals surface area (Å²) in [4.78, 5) is 10.7. The lowest BCUT2D eigenvalue weighted by Gasteiger charge is -2.02. The summed E-state index contributed by atoms with van der Waals surface area (Å²) in [6.45, 7) is 4.82. The molecule has 1 aliphatic heterocycles. The largest absolute Gasteiger partial charge is 0.307 e. The number of nitrogens with one attached hydrogen (secondary N) is 1. The van der Waals surface area contributed by atoms with E-state index in [9.17, 15) is 4.79 Å². The average Bonchev–Trinajstić information content (AvgIpc) is 2.14. The summed E-state index contributed by atoms with van der Waals surface area (Å²) in [5.74, 6) is 0.957. The predicted octanol–water partition coefficient (Wildman–Crippen LogP) is 0.573. The van der Waals surface area contributed by atoms with Crippen molar-refractivity contribution < 1.29 is 4.79 Å². The van der Waals surface area contributed by atoms with E-state index in [1.807, 2.05) is 0 Å². The first kappa shape index (κ1) is 6.75. The minimum atomic E-state index is 0.153. The van der Waals surface area contributed by atoms with Gasteiger partial charge in [0.1, 0.15) is 5.78 Å². The normalized spacial score (nSPS) is 34.9. The Morgan fingerprint density at radius 2 is 2.33 bits per heavy atom. The Kier molecular flexibility index (Phi) is 1.86. The standard InChI is InChI=1S/C7H13NO/c1-5-3-7(6(2)9)8-4-5/h5,7-8H,3-4H2,1-2H3/t5-,7-/m0/s1. The molecule has 0 aromatic heterocycles. The van der Waals surface area contributed by atoms with Gasteiger partial charge in [-0.05, 0) is 25.8 Å². The Labute approximate surface area is 55.6 Å². The molecule has 0 aromatic carbocycles. The van der Waals surface area contributed by atoms with Gasteiger partial charge in [-0.2, -0.15) is 0 Å². The van der Waals surface area contributed by atoms with Gasteiger partial charge in [0.15, 0.2) is 0 Å². The van der Waals surface area contributed by atoms with Crippen molar-refractivity contribution in [3.63, 3.8) is 0 Å². The van der Waals surface area contributed by atoms with Crippen molar-refractivity contribution in [2.45, 2.75) is 26.3 Å². The van der Waals surface area contributed by atoms with Gasteiger partial charge in [-0.15, -0.1) is 0 Å². The molecule has 1 saturated heterocycles. The quantitative estimate of drug-likeness (QED) is 0.558. The van der Waals surface area contributed by atoms with Crippen LogP contribution in [-0.4, -0.2) is 18.4 Å². The van der Waals surface area contributed by atoms with Gasteiger partial charge in [-0.1, -0.05) is 6.92 Å². The van der Waals surface area contributed by atoms with Crippen LogP contribution >= 0.6 is 0 Å². The van der Waals surface area contributed by atoms with Gasteiger partial charge in [0.2, 0.25) is 0 Å². The van der Waals surface area contributed by atoms with Gasteiger partial charge >= 0.3 is 0 Å². The zero-order valence-corrected chi connectivity index (χ0v) is 5.98. The maximum absolute atomic E-state index is 10.7. The summed E-state index contributed by atoms with van der Waals surface area (Å²) in [6, 6.07) is 0.153. The van der Waals surface area contributed by atoms with Crippen LogP contribution in [0.5, 0.6) is 0 Å². The molecule has 0 bridgehead atoms. The minimum absolute atomic E-state index is 0.153. The maximum Gasteiger partial charge on any atom is 0.146 e. The lowest BCUT2D eigenvalue weighted by atomic mass is 10.1. The number of ketones is 1. The zero-order chi connectivity index (χ0) is 6.85. The lowest BCUT2D eigenvalue weighted by Crippen LogP contribution is -2.28. The SMILES string of the molecule is CC(=O)[C@@H]1C[C@H](C)CN1. The molecule has 2 nitrogen and oxygen atoms in total. The van der Waals surface area contributed by atoms with Gasteiger partial charge in [-0.25, -0.2) is 0 Å². The van der Waals surface area contributed by atoms with Crippen molar-refractivity contribution >= 4 is 5.78 Å². The van der Waals surface area contributed by atoms with E-state index in [0.717, 1.165) is 13.0 Å². The molecule has 52 valence electrons. The highest BCUT2D eigenvalue weighted by Gasteiger charge is 2.23. The van der Waals surface area contributed by atoms with Crippen LogP contribution in [0.15, 0.2) is 0 Å². The van der Waals surface area contributed by atoms with Crippen LogP contribution in [0.2, 0.25) is 0 Å². The van der Waals surface area contributed by atoms with Gasteiger partial charge < -0.3 is 5.32 Å². The van der Waals surface area contributed by atoms with E-state index < -0.39 is 0 Å². The number of rotatable bonds is 1. The molecule has 0 amide bonds. The molecule has 0 spiro atoms. The third-order valence-electron chi connectivity index (χ3n) is 1.84. The first-order valence-electron chi connectivity index (χ1n) is 3.44. The maximum atomic E-state index is 10.7. The molecule has 0 radical (unpaired) electrons. The molecular formula is C7H13NO. The monoisotopic (exact) mass is 127 g/mol.